The van der Waals surface area contributed by atoms with Gasteiger partial charge in [0.05, 0.1) is 5.69 Å². The summed E-state index contributed by atoms with van der Waals surface area (Å²) in [4.78, 5) is 7.18. The summed E-state index contributed by atoms with van der Waals surface area (Å²) in [5.74, 6) is 1.62. The fraction of sp³-hybridized carbons (Fsp3) is 0.350. The summed E-state index contributed by atoms with van der Waals surface area (Å²) in [7, 11) is 0. The largest absolute Gasteiger partial charge is 0.441 e. The summed E-state index contributed by atoms with van der Waals surface area (Å²) in [6, 6.07) is 15.0. The maximum absolute atomic E-state index is 5.98. The molecule has 2 aromatic carbocycles. The molecule has 0 radical (unpaired) electrons. The molecule has 0 amide bonds. The third-order valence-electron chi connectivity index (χ3n) is 4.89. The molecule has 1 aromatic heterocycles. The van der Waals surface area contributed by atoms with E-state index in [0.29, 0.717) is 11.9 Å². The average Bonchev–Trinajstić information content (AvgIpc) is 2.97. The number of aryl methyl sites for hydroxylation is 1. The van der Waals surface area contributed by atoms with Crippen LogP contribution in [0.4, 0.5) is 0 Å². The summed E-state index contributed by atoms with van der Waals surface area (Å²) in [6.07, 6.45) is 2.13. The van der Waals surface area contributed by atoms with Crippen LogP contribution in [0.2, 0.25) is 0 Å². The first-order chi connectivity index (χ1) is 11.7. The highest BCUT2D eigenvalue weighted by Gasteiger charge is 2.19. The van der Waals surface area contributed by atoms with Gasteiger partial charge in [-0.3, -0.25) is 4.90 Å². The Morgan fingerprint density at radius 1 is 1.12 bits per heavy atom. The van der Waals surface area contributed by atoms with Crippen LogP contribution in [-0.2, 0) is 6.54 Å². The minimum atomic E-state index is 0.354. The van der Waals surface area contributed by atoms with Crippen molar-refractivity contribution in [3.8, 4) is 11.5 Å². The van der Waals surface area contributed by atoms with Gasteiger partial charge in [-0.15, -0.1) is 0 Å². The molecule has 0 unspecified atom stereocenters. The predicted octanol–water partition coefficient (Wildman–Crippen LogP) is 3.73. The Kier molecular flexibility index (Phi) is 4.08. The van der Waals surface area contributed by atoms with Gasteiger partial charge in [0, 0.05) is 31.2 Å². The lowest BCUT2D eigenvalue weighted by molar-refractivity contribution is 0.203. The second kappa shape index (κ2) is 6.38. The molecule has 3 aromatic rings. The van der Waals surface area contributed by atoms with E-state index in [1.54, 1.807) is 0 Å². The second-order valence-corrected chi connectivity index (χ2v) is 6.70. The van der Waals surface area contributed by atoms with Crippen molar-refractivity contribution >= 4 is 10.8 Å². The molecule has 0 aliphatic carbocycles. The van der Waals surface area contributed by atoms with Gasteiger partial charge < -0.3 is 10.2 Å². The third kappa shape index (κ3) is 3.07. The van der Waals surface area contributed by atoms with Gasteiger partial charge in [-0.25, -0.2) is 4.98 Å². The van der Waals surface area contributed by atoms with Crippen LogP contribution in [0.15, 0.2) is 46.9 Å². The monoisotopic (exact) mass is 321 g/mol. The van der Waals surface area contributed by atoms with E-state index in [4.69, 9.17) is 15.1 Å². The highest BCUT2D eigenvalue weighted by molar-refractivity contribution is 5.86. The van der Waals surface area contributed by atoms with Gasteiger partial charge in [0.15, 0.2) is 0 Å². The van der Waals surface area contributed by atoms with Crippen LogP contribution in [-0.4, -0.2) is 29.0 Å². The van der Waals surface area contributed by atoms with E-state index in [2.05, 4.69) is 47.4 Å². The zero-order chi connectivity index (χ0) is 16.5. The fourth-order valence-corrected chi connectivity index (χ4v) is 3.34. The van der Waals surface area contributed by atoms with E-state index >= 15 is 0 Å². The molecule has 2 N–H and O–H groups in total. The Morgan fingerprint density at radius 2 is 1.88 bits per heavy atom. The smallest absolute Gasteiger partial charge is 0.226 e. The van der Waals surface area contributed by atoms with Gasteiger partial charge >= 0.3 is 0 Å². The average molecular weight is 321 g/mol. The first-order valence-electron chi connectivity index (χ1n) is 8.62. The van der Waals surface area contributed by atoms with Gasteiger partial charge in [0.1, 0.15) is 5.76 Å². The fourth-order valence-electron chi connectivity index (χ4n) is 3.34. The van der Waals surface area contributed by atoms with Crippen molar-refractivity contribution in [3.63, 3.8) is 0 Å². The lowest BCUT2D eigenvalue weighted by Gasteiger charge is -2.29. The van der Waals surface area contributed by atoms with E-state index in [9.17, 15) is 0 Å². The van der Waals surface area contributed by atoms with Crippen LogP contribution in [0.3, 0.4) is 0 Å². The summed E-state index contributed by atoms with van der Waals surface area (Å²) < 4.78 is 5.95. The van der Waals surface area contributed by atoms with Crippen LogP contribution < -0.4 is 5.73 Å². The molecule has 24 heavy (non-hydrogen) atoms. The van der Waals surface area contributed by atoms with E-state index in [0.717, 1.165) is 49.5 Å². The molecule has 0 atom stereocenters. The summed E-state index contributed by atoms with van der Waals surface area (Å²) >= 11 is 0. The number of piperidine rings is 1. The number of nitrogens with zero attached hydrogens (tertiary/aromatic N) is 2. The van der Waals surface area contributed by atoms with Crippen molar-refractivity contribution in [2.75, 3.05) is 13.1 Å². The number of nitrogens with two attached hydrogens (primary N) is 1. The SMILES string of the molecule is Cc1oc(-c2ccc3ccccc3c2)nc1CN1CCC(N)CC1. The van der Waals surface area contributed by atoms with Crippen LogP contribution >= 0.6 is 0 Å². The number of hydrogen-bond donors (Lipinski definition) is 1. The van der Waals surface area contributed by atoms with Gasteiger partial charge in [-0.1, -0.05) is 30.3 Å². The summed E-state index contributed by atoms with van der Waals surface area (Å²) in [5, 5.41) is 2.44. The highest BCUT2D eigenvalue weighted by Crippen LogP contribution is 2.26. The zero-order valence-electron chi connectivity index (χ0n) is 14.0. The Labute approximate surface area is 142 Å². The topological polar surface area (TPSA) is 55.3 Å². The number of likely N-dealkylation sites (tertiary alicyclic amines) is 1. The number of benzene rings is 2. The number of fused-ring (bicyclic) bond motifs is 1. The molecule has 1 saturated heterocycles. The molecule has 4 rings (SSSR count). The number of aromatic nitrogens is 1. The summed E-state index contributed by atoms with van der Waals surface area (Å²) in [5.41, 5.74) is 8.05. The highest BCUT2D eigenvalue weighted by atomic mass is 16.4. The molecule has 0 bridgehead atoms. The first kappa shape index (κ1) is 15.4. The van der Waals surface area contributed by atoms with Gasteiger partial charge in [-0.2, -0.15) is 0 Å². The lowest BCUT2D eigenvalue weighted by Crippen LogP contribution is -2.39. The first-order valence-corrected chi connectivity index (χ1v) is 8.62. The third-order valence-corrected chi connectivity index (χ3v) is 4.89. The van der Waals surface area contributed by atoms with Gasteiger partial charge in [0.2, 0.25) is 5.89 Å². The Morgan fingerprint density at radius 3 is 2.67 bits per heavy atom. The Balaban J connectivity index is 1.57. The van der Waals surface area contributed by atoms with Crippen molar-refractivity contribution in [3.05, 3.63) is 53.9 Å². The van der Waals surface area contributed by atoms with Gasteiger partial charge in [-0.05, 0) is 42.7 Å². The molecule has 1 fully saturated rings. The quantitative estimate of drug-likeness (QED) is 0.798. The molecule has 0 spiro atoms. The van der Waals surface area contributed by atoms with Crippen LogP contribution in [0.25, 0.3) is 22.2 Å². The number of oxazole rings is 1. The maximum Gasteiger partial charge on any atom is 0.226 e. The van der Waals surface area contributed by atoms with Crippen LogP contribution in [0, 0.1) is 6.92 Å². The Hall–Kier alpha value is -2.17. The van der Waals surface area contributed by atoms with E-state index in [-0.39, 0.29) is 0 Å². The van der Waals surface area contributed by atoms with E-state index in [1.807, 2.05) is 6.92 Å². The van der Waals surface area contributed by atoms with E-state index < -0.39 is 0 Å². The molecule has 1 aliphatic rings. The minimum absolute atomic E-state index is 0.354. The number of rotatable bonds is 3. The lowest BCUT2D eigenvalue weighted by atomic mass is 10.1. The van der Waals surface area contributed by atoms with E-state index in [1.165, 1.54) is 10.8 Å². The van der Waals surface area contributed by atoms with Crippen LogP contribution in [0.1, 0.15) is 24.3 Å². The number of hydrogen-bond acceptors (Lipinski definition) is 4. The molecule has 0 saturated carbocycles. The van der Waals surface area contributed by atoms with Crippen molar-refractivity contribution in [2.24, 2.45) is 5.73 Å². The van der Waals surface area contributed by atoms with Crippen molar-refractivity contribution in [1.82, 2.24) is 9.88 Å². The molecule has 1 aliphatic heterocycles. The van der Waals surface area contributed by atoms with Crippen molar-refractivity contribution in [1.29, 1.82) is 0 Å². The molecule has 124 valence electrons. The standard InChI is InChI=1S/C20H23N3O/c1-14-19(13-23-10-8-18(21)9-11-23)22-20(24-14)17-7-6-15-4-2-3-5-16(15)12-17/h2-7,12,18H,8-11,13,21H2,1H3. The molecule has 4 nitrogen and oxygen atoms in total. The molecular weight excluding hydrogens is 298 g/mol. The molecule has 2 heterocycles. The summed E-state index contributed by atoms with van der Waals surface area (Å²) in [6.45, 7) is 4.93. The minimum Gasteiger partial charge on any atom is -0.441 e. The maximum atomic E-state index is 5.98. The Bertz CT molecular complexity index is 847. The zero-order valence-corrected chi connectivity index (χ0v) is 14.0. The molecular formula is C20H23N3O. The van der Waals surface area contributed by atoms with Crippen molar-refractivity contribution < 1.29 is 4.42 Å². The molecule has 4 heteroatoms. The van der Waals surface area contributed by atoms with Crippen molar-refractivity contribution in [2.45, 2.75) is 32.4 Å². The van der Waals surface area contributed by atoms with Gasteiger partial charge in [0.25, 0.3) is 0 Å². The van der Waals surface area contributed by atoms with Crippen LogP contribution in [0.5, 0.6) is 0 Å². The second-order valence-electron chi connectivity index (χ2n) is 6.70. The predicted molar refractivity (Wildman–Crippen MR) is 96.7 cm³/mol. The normalized spacial score (nSPS) is 16.8.